The minimum absolute atomic E-state index is 0.282. The predicted octanol–water partition coefficient (Wildman–Crippen LogP) is 19.9. The Balaban J connectivity index is 0.895. The SMILES string of the molecule is Fc1ccccc1N1c2ccccc2B2c3cc4c(cc3N(c3ccccc3F)c3cc(-n5c6ccccc6c6ccc(-c7ccccc7)cc65)cc1c32)N(c1ccccc1F)c1cc(-n2c3ccccc3c3ccc(-c5ccccc5)cc32)cc2c1B4c1ccccc1N2c1ccccc1F. The first-order valence-corrected chi connectivity index (χ1v) is 34.4. The fourth-order valence-electron chi connectivity index (χ4n) is 17.3. The lowest BCUT2D eigenvalue weighted by atomic mass is 9.30. The van der Waals surface area contributed by atoms with Crippen molar-refractivity contribution in [3.8, 4) is 33.6 Å². The van der Waals surface area contributed by atoms with E-state index in [-0.39, 0.29) is 11.4 Å². The van der Waals surface area contributed by atoms with Crippen molar-refractivity contribution in [1.82, 2.24) is 9.13 Å². The first-order valence-electron chi connectivity index (χ1n) is 34.4. The smallest absolute Gasteiger partial charge is 0.252 e. The van der Waals surface area contributed by atoms with Crippen LogP contribution in [0.5, 0.6) is 0 Å². The summed E-state index contributed by atoms with van der Waals surface area (Å²) in [6.45, 7) is -1.10. The van der Waals surface area contributed by atoms with Crippen LogP contribution in [0.25, 0.3) is 77.2 Å². The van der Waals surface area contributed by atoms with Crippen LogP contribution in [0.2, 0.25) is 0 Å². The Kier molecular flexibility index (Phi) is 12.6. The number of para-hydroxylation sites is 8. The molecule has 0 spiro atoms. The highest BCUT2D eigenvalue weighted by Gasteiger charge is 2.50. The van der Waals surface area contributed by atoms with Crippen molar-refractivity contribution in [1.29, 1.82) is 0 Å². The molecule has 0 saturated carbocycles. The first-order chi connectivity index (χ1) is 50.3. The maximum atomic E-state index is 18.1. The molecule has 4 aliphatic rings. The second-order valence-corrected chi connectivity index (χ2v) is 26.8. The summed E-state index contributed by atoms with van der Waals surface area (Å²) >= 11 is 0. The van der Waals surface area contributed by atoms with Crippen LogP contribution in [-0.2, 0) is 0 Å². The van der Waals surface area contributed by atoms with Crippen LogP contribution in [-0.4, -0.2) is 22.6 Å². The molecule has 0 atom stereocenters. The minimum Gasteiger partial charge on any atom is -0.309 e. The molecule has 0 amide bonds. The third-order valence-corrected chi connectivity index (χ3v) is 21.5. The van der Waals surface area contributed by atoms with Crippen molar-refractivity contribution in [2.45, 2.75) is 0 Å². The Bertz CT molecular complexity index is 6030. The summed E-state index contributed by atoms with van der Waals surface area (Å²) < 4.78 is 75.5. The number of aromatic nitrogens is 2. The molecule has 0 radical (unpaired) electrons. The van der Waals surface area contributed by atoms with Gasteiger partial charge in [-0.05, 0) is 170 Å². The highest BCUT2D eigenvalue weighted by molar-refractivity contribution is 7.03. The summed E-state index contributed by atoms with van der Waals surface area (Å²) in [6, 6.07) is 108. The largest absolute Gasteiger partial charge is 0.309 e. The summed E-state index contributed by atoms with van der Waals surface area (Å²) in [5.41, 5.74) is 21.7. The average Bonchev–Trinajstić information content (AvgIpc) is 1.13. The molecule has 2 aromatic heterocycles. The van der Waals surface area contributed by atoms with Crippen LogP contribution >= 0.6 is 0 Å². The predicted molar refractivity (Wildman–Crippen MR) is 414 cm³/mol. The molecule has 6 heterocycles. The highest BCUT2D eigenvalue weighted by atomic mass is 19.1. The summed E-state index contributed by atoms with van der Waals surface area (Å²) in [5, 5.41) is 4.19. The highest BCUT2D eigenvalue weighted by Crippen LogP contribution is 2.52. The van der Waals surface area contributed by atoms with Crippen molar-refractivity contribution in [3.63, 3.8) is 0 Å². The number of nitrogens with zero attached hydrogens (tertiary/aromatic N) is 6. The van der Waals surface area contributed by atoms with Crippen molar-refractivity contribution in [3.05, 3.63) is 351 Å². The Morgan fingerprint density at radius 3 is 0.873 bits per heavy atom. The van der Waals surface area contributed by atoms with Gasteiger partial charge < -0.3 is 28.7 Å². The van der Waals surface area contributed by atoms with E-state index >= 15 is 17.6 Å². The third-order valence-electron chi connectivity index (χ3n) is 21.5. The quantitative estimate of drug-likeness (QED) is 0.112. The molecule has 478 valence electrons. The lowest BCUT2D eigenvalue weighted by Crippen LogP contribution is -2.65. The average molecular weight is 1320 g/mol. The molecule has 102 heavy (non-hydrogen) atoms. The molecular formula is C90H54B2F4N6. The third kappa shape index (κ3) is 8.37. The topological polar surface area (TPSA) is 22.8 Å². The summed E-state index contributed by atoms with van der Waals surface area (Å²) in [4.78, 5) is 8.19. The second kappa shape index (κ2) is 22.2. The van der Waals surface area contributed by atoms with Gasteiger partial charge in [0.2, 0.25) is 0 Å². The molecule has 6 nitrogen and oxygen atoms in total. The molecular weight excluding hydrogens is 1260 g/mol. The Morgan fingerprint density at radius 2 is 0.500 bits per heavy atom. The van der Waals surface area contributed by atoms with Gasteiger partial charge in [0.25, 0.3) is 13.4 Å². The van der Waals surface area contributed by atoms with E-state index in [0.29, 0.717) is 45.5 Å². The zero-order valence-electron chi connectivity index (χ0n) is 54.5. The fourth-order valence-corrected chi connectivity index (χ4v) is 17.3. The summed E-state index contributed by atoms with van der Waals surface area (Å²) in [7, 11) is 0. The number of anilines is 12. The van der Waals surface area contributed by atoms with Gasteiger partial charge in [-0.25, -0.2) is 17.6 Å². The monoisotopic (exact) mass is 1320 g/mol. The van der Waals surface area contributed by atoms with E-state index < -0.39 is 36.7 Å². The van der Waals surface area contributed by atoms with Gasteiger partial charge in [-0.15, -0.1) is 0 Å². The Morgan fingerprint density at radius 1 is 0.196 bits per heavy atom. The van der Waals surface area contributed by atoms with Gasteiger partial charge in [0, 0.05) is 67.0 Å². The molecule has 15 aromatic carbocycles. The number of fused-ring (bicyclic) bond motifs is 14. The standard InChI is InChI=1S/C90H54B2F4N6/c93-69-31-11-19-39-77(69)99-75-37-17-9-29-65(75)91-67-53-68-84(54-83(67)101(79-41-21-13-33-71(79)95)87-51-59(49-85(99)89(87)91)97-73-35-15-7-27-61(73)63-45-43-57(47-81(63)97)55-23-3-1-4-24-55)102(80-42-22-14-34-72(80)96)88-52-60(50-86-90(88)92(68)66-30-10-18-38-76(66)100(86)78-40-20-12-32-70(78)94)98-74-36-16-8-28-62(74)64-46-44-58(48-82(64)98)56-25-5-2-6-26-56/h1-54H. The van der Waals surface area contributed by atoms with Gasteiger partial charge >= 0.3 is 0 Å². The summed E-state index contributed by atoms with van der Waals surface area (Å²) in [6.07, 6.45) is 0. The normalized spacial score (nSPS) is 13.2. The van der Waals surface area contributed by atoms with Gasteiger partial charge in [-0.1, -0.05) is 212 Å². The van der Waals surface area contributed by atoms with E-state index in [2.05, 4.69) is 189 Å². The number of rotatable bonds is 8. The first kappa shape index (κ1) is 58.0. The van der Waals surface area contributed by atoms with Crippen LogP contribution in [0.1, 0.15) is 0 Å². The van der Waals surface area contributed by atoms with Gasteiger partial charge in [0.15, 0.2) is 0 Å². The van der Waals surface area contributed by atoms with E-state index in [9.17, 15) is 0 Å². The lowest BCUT2D eigenvalue weighted by molar-refractivity contribution is 0.628. The fraction of sp³-hybridized carbons (Fsp3) is 0. The van der Waals surface area contributed by atoms with Crippen molar-refractivity contribution in [2.75, 3.05) is 19.6 Å². The number of benzene rings is 15. The minimum atomic E-state index is -0.551. The van der Waals surface area contributed by atoms with E-state index in [1.807, 2.05) is 119 Å². The van der Waals surface area contributed by atoms with E-state index in [1.165, 1.54) is 24.3 Å². The maximum absolute atomic E-state index is 18.1. The van der Waals surface area contributed by atoms with Crippen LogP contribution in [0.3, 0.4) is 0 Å². The van der Waals surface area contributed by atoms with Gasteiger partial charge in [0.1, 0.15) is 23.3 Å². The van der Waals surface area contributed by atoms with E-state index in [1.54, 1.807) is 24.3 Å². The molecule has 0 fully saturated rings. The van der Waals surface area contributed by atoms with Gasteiger partial charge in [0.05, 0.1) is 56.2 Å². The van der Waals surface area contributed by atoms with Crippen LogP contribution < -0.4 is 52.4 Å². The second-order valence-electron chi connectivity index (χ2n) is 26.8. The molecule has 21 rings (SSSR count). The molecule has 0 bridgehead atoms. The van der Waals surface area contributed by atoms with Crippen LogP contribution in [0, 0.1) is 23.3 Å². The number of halogens is 4. The number of hydrogen-bond acceptors (Lipinski definition) is 4. The van der Waals surface area contributed by atoms with E-state index in [0.717, 1.165) is 121 Å². The van der Waals surface area contributed by atoms with Crippen molar-refractivity contribution >= 4 is 158 Å². The zero-order valence-corrected chi connectivity index (χ0v) is 54.5. The number of hydrogen-bond donors (Lipinski definition) is 0. The van der Waals surface area contributed by atoms with Crippen LogP contribution in [0.15, 0.2) is 328 Å². The van der Waals surface area contributed by atoms with Gasteiger partial charge in [-0.3, -0.25) is 0 Å². The Labute approximate surface area is 585 Å². The molecule has 17 aromatic rings. The molecule has 12 heteroatoms. The van der Waals surface area contributed by atoms with Crippen molar-refractivity contribution < 1.29 is 17.6 Å². The zero-order chi connectivity index (χ0) is 67.6. The van der Waals surface area contributed by atoms with Crippen molar-refractivity contribution in [2.24, 2.45) is 0 Å². The lowest BCUT2D eigenvalue weighted by Gasteiger charge is -2.47. The summed E-state index contributed by atoms with van der Waals surface area (Å²) in [5.74, 6) is -1.75. The molecule has 4 aliphatic heterocycles. The van der Waals surface area contributed by atoms with Gasteiger partial charge in [-0.2, -0.15) is 0 Å². The Hall–Kier alpha value is -13.1. The molecule has 0 unspecified atom stereocenters. The molecule has 0 aliphatic carbocycles. The van der Waals surface area contributed by atoms with Crippen LogP contribution in [0.4, 0.5) is 85.8 Å². The van der Waals surface area contributed by atoms with E-state index in [4.69, 9.17) is 0 Å². The molecule has 0 N–H and O–H groups in total. The maximum Gasteiger partial charge on any atom is 0.252 e. The molecule has 0 saturated heterocycles.